The highest BCUT2D eigenvalue weighted by atomic mass is 32.2. The van der Waals surface area contributed by atoms with Gasteiger partial charge in [0.2, 0.25) is 0 Å². The Hall–Kier alpha value is -1.35. The van der Waals surface area contributed by atoms with Gasteiger partial charge in [-0.1, -0.05) is 26.0 Å². The number of anilines is 1. The van der Waals surface area contributed by atoms with Crippen LogP contribution in [0.15, 0.2) is 40.8 Å². The summed E-state index contributed by atoms with van der Waals surface area (Å²) in [5, 5.41) is 3.40. The van der Waals surface area contributed by atoms with E-state index in [0.29, 0.717) is 5.92 Å². The number of furan rings is 1. The number of hydrogen-bond donors (Lipinski definition) is 1. The lowest BCUT2D eigenvalue weighted by Gasteiger charge is -2.10. The van der Waals surface area contributed by atoms with E-state index in [2.05, 4.69) is 55.8 Å². The van der Waals surface area contributed by atoms with Crippen molar-refractivity contribution in [2.45, 2.75) is 38.5 Å². The lowest BCUT2D eigenvalue weighted by Crippen LogP contribution is -1.98. The summed E-state index contributed by atoms with van der Waals surface area (Å²) in [7, 11) is 0. The van der Waals surface area contributed by atoms with E-state index in [4.69, 9.17) is 4.42 Å². The first kappa shape index (κ1) is 15.0. The quantitative estimate of drug-likeness (QED) is 0.752. The van der Waals surface area contributed by atoms with Gasteiger partial charge >= 0.3 is 0 Å². The van der Waals surface area contributed by atoms with Crippen molar-refractivity contribution in [1.29, 1.82) is 0 Å². The minimum absolute atomic E-state index is 0.628. The second-order valence-electron chi connectivity index (χ2n) is 5.09. The Labute approximate surface area is 126 Å². The summed E-state index contributed by atoms with van der Waals surface area (Å²) in [6.07, 6.45) is 3.26. The van der Waals surface area contributed by atoms with Crippen LogP contribution in [0.3, 0.4) is 0 Å². The van der Waals surface area contributed by atoms with Crippen molar-refractivity contribution < 1.29 is 4.42 Å². The Bertz CT molecular complexity index is 518. The highest BCUT2D eigenvalue weighted by molar-refractivity contribution is 7.97. The standard InChI is InChI=1S/C17H23NOS/c1-4-13(2)14-5-7-15(8-6-14)18-11-16-9-10-17(19-16)12-20-3/h5-10,13,18H,4,11-12H2,1-3H3. The van der Waals surface area contributed by atoms with E-state index in [9.17, 15) is 0 Å². The molecule has 1 unspecified atom stereocenters. The number of rotatable bonds is 7. The Morgan fingerprint density at radius 3 is 2.45 bits per heavy atom. The molecule has 0 radical (unpaired) electrons. The number of hydrogen-bond acceptors (Lipinski definition) is 3. The van der Waals surface area contributed by atoms with Gasteiger partial charge in [-0.2, -0.15) is 11.8 Å². The third kappa shape index (κ3) is 4.07. The van der Waals surface area contributed by atoms with Crippen molar-refractivity contribution in [2.75, 3.05) is 11.6 Å². The van der Waals surface area contributed by atoms with Crippen LogP contribution in [0.4, 0.5) is 5.69 Å². The van der Waals surface area contributed by atoms with Crippen LogP contribution in [0, 0.1) is 0 Å². The summed E-state index contributed by atoms with van der Waals surface area (Å²) in [4.78, 5) is 0. The Kier molecular flexibility index (Phi) is 5.60. The molecule has 0 aliphatic heterocycles. The molecule has 3 heteroatoms. The van der Waals surface area contributed by atoms with Crippen molar-refractivity contribution >= 4 is 17.4 Å². The van der Waals surface area contributed by atoms with Crippen LogP contribution in [0.2, 0.25) is 0 Å². The average molecular weight is 289 g/mol. The van der Waals surface area contributed by atoms with Crippen molar-refractivity contribution in [3.63, 3.8) is 0 Å². The zero-order chi connectivity index (χ0) is 14.4. The minimum Gasteiger partial charge on any atom is -0.463 e. The monoisotopic (exact) mass is 289 g/mol. The first-order chi connectivity index (χ1) is 9.72. The lowest BCUT2D eigenvalue weighted by atomic mass is 9.99. The van der Waals surface area contributed by atoms with Crippen LogP contribution in [0.5, 0.6) is 0 Å². The Morgan fingerprint density at radius 2 is 1.80 bits per heavy atom. The maximum Gasteiger partial charge on any atom is 0.123 e. The van der Waals surface area contributed by atoms with Gasteiger partial charge in [-0.25, -0.2) is 0 Å². The van der Waals surface area contributed by atoms with E-state index in [1.165, 1.54) is 12.0 Å². The number of benzene rings is 1. The first-order valence-electron chi connectivity index (χ1n) is 7.13. The van der Waals surface area contributed by atoms with E-state index in [0.717, 1.165) is 29.5 Å². The zero-order valence-corrected chi connectivity index (χ0v) is 13.3. The molecule has 0 aliphatic carbocycles. The van der Waals surface area contributed by atoms with Crippen LogP contribution in [0.1, 0.15) is 43.3 Å². The molecule has 1 N–H and O–H groups in total. The molecule has 108 valence electrons. The summed E-state index contributed by atoms with van der Waals surface area (Å²) >= 11 is 1.77. The third-order valence-corrected chi connectivity index (χ3v) is 4.14. The van der Waals surface area contributed by atoms with Gasteiger partial charge in [-0.15, -0.1) is 0 Å². The smallest absolute Gasteiger partial charge is 0.123 e. The van der Waals surface area contributed by atoms with Gasteiger partial charge in [0.25, 0.3) is 0 Å². The highest BCUT2D eigenvalue weighted by Crippen LogP contribution is 2.21. The predicted molar refractivity (Wildman–Crippen MR) is 88.4 cm³/mol. The Morgan fingerprint density at radius 1 is 1.10 bits per heavy atom. The van der Waals surface area contributed by atoms with E-state index in [1.807, 2.05) is 6.07 Å². The molecular formula is C17H23NOS. The fourth-order valence-electron chi connectivity index (χ4n) is 2.09. The van der Waals surface area contributed by atoms with E-state index >= 15 is 0 Å². The van der Waals surface area contributed by atoms with Crippen molar-refractivity contribution in [3.8, 4) is 0 Å². The molecule has 2 aromatic rings. The largest absolute Gasteiger partial charge is 0.463 e. The van der Waals surface area contributed by atoms with Crippen LogP contribution in [-0.4, -0.2) is 6.26 Å². The first-order valence-corrected chi connectivity index (χ1v) is 8.52. The Balaban J connectivity index is 1.89. The molecule has 0 saturated heterocycles. The van der Waals surface area contributed by atoms with Crippen molar-refractivity contribution in [1.82, 2.24) is 0 Å². The molecule has 1 aromatic heterocycles. The zero-order valence-electron chi connectivity index (χ0n) is 12.5. The molecular weight excluding hydrogens is 266 g/mol. The van der Waals surface area contributed by atoms with Gasteiger partial charge in [-0.05, 0) is 48.4 Å². The summed E-state index contributed by atoms with van der Waals surface area (Å²) in [5.41, 5.74) is 2.54. The predicted octanol–water partition coefficient (Wildman–Crippen LogP) is 5.27. The van der Waals surface area contributed by atoms with Gasteiger partial charge < -0.3 is 9.73 Å². The van der Waals surface area contributed by atoms with Gasteiger partial charge in [0.1, 0.15) is 11.5 Å². The van der Waals surface area contributed by atoms with Crippen LogP contribution in [-0.2, 0) is 12.3 Å². The van der Waals surface area contributed by atoms with Gasteiger partial charge in [0.15, 0.2) is 0 Å². The van der Waals surface area contributed by atoms with Gasteiger partial charge in [0, 0.05) is 5.69 Å². The normalized spacial score (nSPS) is 12.3. The van der Waals surface area contributed by atoms with E-state index < -0.39 is 0 Å². The summed E-state index contributed by atoms with van der Waals surface area (Å²) in [6, 6.07) is 12.8. The highest BCUT2D eigenvalue weighted by Gasteiger charge is 2.04. The molecule has 0 amide bonds. The minimum atomic E-state index is 0.628. The number of nitrogens with one attached hydrogen (secondary N) is 1. The maximum absolute atomic E-state index is 5.74. The topological polar surface area (TPSA) is 25.2 Å². The van der Waals surface area contributed by atoms with E-state index in [-0.39, 0.29) is 0 Å². The van der Waals surface area contributed by atoms with Crippen LogP contribution >= 0.6 is 11.8 Å². The van der Waals surface area contributed by atoms with Crippen LogP contribution < -0.4 is 5.32 Å². The molecule has 2 rings (SSSR count). The summed E-state index contributed by atoms with van der Waals surface area (Å²) in [5.74, 6) is 3.59. The molecule has 0 fully saturated rings. The molecule has 0 bridgehead atoms. The second kappa shape index (κ2) is 7.44. The lowest BCUT2D eigenvalue weighted by molar-refractivity contribution is 0.487. The summed E-state index contributed by atoms with van der Waals surface area (Å²) < 4.78 is 5.74. The molecule has 0 spiro atoms. The molecule has 1 atom stereocenters. The fraction of sp³-hybridized carbons (Fsp3) is 0.412. The van der Waals surface area contributed by atoms with Crippen molar-refractivity contribution in [2.24, 2.45) is 0 Å². The molecule has 0 aliphatic rings. The maximum atomic E-state index is 5.74. The molecule has 1 aromatic carbocycles. The van der Waals surface area contributed by atoms with Gasteiger partial charge in [-0.3, -0.25) is 0 Å². The SMILES string of the molecule is CCC(C)c1ccc(NCc2ccc(CSC)o2)cc1. The average Bonchev–Trinajstić information content (AvgIpc) is 2.93. The van der Waals surface area contributed by atoms with E-state index in [1.54, 1.807) is 11.8 Å². The fourth-order valence-corrected chi connectivity index (χ4v) is 2.53. The van der Waals surface area contributed by atoms with Crippen LogP contribution in [0.25, 0.3) is 0 Å². The number of thioether (sulfide) groups is 1. The van der Waals surface area contributed by atoms with Crippen molar-refractivity contribution in [3.05, 3.63) is 53.5 Å². The summed E-state index contributed by atoms with van der Waals surface area (Å²) in [6.45, 7) is 5.22. The molecule has 20 heavy (non-hydrogen) atoms. The molecule has 0 saturated carbocycles. The molecule has 1 heterocycles. The van der Waals surface area contributed by atoms with Gasteiger partial charge in [0.05, 0.1) is 12.3 Å². The molecule has 2 nitrogen and oxygen atoms in total. The second-order valence-corrected chi connectivity index (χ2v) is 5.95. The third-order valence-electron chi connectivity index (χ3n) is 3.56.